The molecule has 0 amide bonds. The standard InChI is InChI=1S/C6H12O6P2/c7-6(11-13-8,12-14(9)10)5-3-1-2-4-5/h5,7-8,13H,1-4H2/p+1. The first-order valence-corrected chi connectivity index (χ1v) is 6.22. The summed E-state index contributed by atoms with van der Waals surface area (Å²) in [5.74, 6) is -2.47. The molecule has 3 unspecified atom stereocenters. The van der Waals surface area contributed by atoms with Gasteiger partial charge in [0.05, 0.1) is 0 Å². The van der Waals surface area contributed by atoms with Gasteiger partial charge in [-0.1, -0.05) is 17.4 Å². The molecule has 82 valence electrons. The molecule has 1 fully saturated rings. The molecule has 0 aromatic rings. The Kier molecular flexibility index (Phi) is 4.80. The van der Waals surface area contributed by atoms with E-state index in [1.165, 1.54) is 0 Å². The molecule has 3 N–H and O–H groups in total. The summed E-state index contributed by atoms with van der Waals surface area (Å²) in [4.78, 5) is 17.1. The maximum absolute atomic E-state index is 10.5. The van der Waals surface area contributed by atoms with Crippen LogP contribution in [0.1, 0.15) is 25.7 Å². The maximum Gasteiger partial charge on any atom is 0.700 e. The van der Waals surface area contributed by atoms with E-state index in [-0.39, 0.29) is 5.92 Å². The Labute approximate surface area is 84.1 Å². The fourth-order valence-corrected chi connectivity index (χ4v) is 2.46. The molecule has 1 aliphatic carbocycles. The van der Waals surface area contributed by atoms with Crippen molar-refractivity contribution < 1.29 is 28.5 Å². The molecule has 1 aliphatic rings. The van der Waals surface area contributed by atoms with E-state index < -0.39 is 23.3 Å². The minimum Gasteiger partial charge on any atom is -0.352 e. The summed E-state index contributed by atoms with van der Waals surface area (Å²) in [6, 6.07) is 0. The van der Waals surface area contributed by atoms with Gasteiger partial charge in [-0.15, -0.1) is 4.89 Å². The van der Waals surface area contributed by atoms with Crippen molar-refractivity contribution in [2.75, 3.05) is 0 Å². The van der Waals surface area contributed by atoms with Gasteiger partial charge < -0.3 is 10.00 Å². The molecule has 0 heterocycles. The maximum atomic E-state index is 10.5. The van der Waals surface area contributed by atoms with E-state index in [4.69, 9.17) is 9.79 Å². The van der Waals surface area contributed by atoms with Crippen LogP contribution in [0.25, 0.3) is 0 Å². The van der Waals surface area contributed by atoms with E-state index in [0.717, 1.165) is 12.8 Å². The monoisotopic (exact) mass is 243 g/mol. The molecule has 0 radical (unpaired) electrons. The molecule has 14 heavy (non-hydrogen) atoms. The van der Waals surface area contributed by atoms with Crippen LogP contribution in [0, 0.1) is 5.92 Å². The van der Waals surface area contributed by atoms with Crippen LogP contribution in [0.4, 0.5) is 0 Å². The molecule has 8 heteroatoms. The Balaban J connectivity index is 2.63. The van der Waals surface area contributed by atoms with E-state index in [2.05, 4.69) is 9.05 Å². The highest BCUT2D eigenvalue weighted by atomic mass is 31.1. The Hall–Kier alpha value is 0.330. The Bertz CT molecular complexity index is 206. The summed E-state index contributed by atoms with van der Waals surface area (Å²) in [7, 11) is -3.93. The second-order valence-electron chi connectivity index (χ2n) is 3.13. The first-order valence-electron chi connectivity index (χ1n) is 4.23. The lowest BCUT2D eigenvalue weighted by molar-refractivity contribution is -0.301. The molecule has 0 saturated heterocycles. The topological polar surface area (TPSA) is 96.2 Å². The van der Waals surface area contributed by atoms with Crippen LogP contribution in [-0.2, 0) is 13.6 Å². The van der Waals surface area contributed by atoms with Crippen LogP contribution >= 0.6 is 17.3 Å². The van der Waals surface area contributed by atoms with Gasteiger partial charge in [0.25, 0.3) is 0 Å². The average Bonchev–Trinajstić information content (AvgIpc) is 2.54. The first-order chi connectivity index (χ1) is 6.58. The summed E-state index contributed by atoms with van der Waals surface area (Å²) in [6.07, 6.45) is 3.14. The predicted octanol–water partition coefficient (Wildman–Crippen LogP) is 1.01. The van der Waals surface area contributed by atoms with Crippen LogP contribution in [0.15, 0.2) is 0 Å². The predicted molar refractivity (Wildman–Crippen MR) is 49.4 cm³/mol. The summed E-state index contributed by atoms with van der Waals surface area (Å²) in [5, 5.41) is 9.74. The van der Waals surface area contributed by atoms with Crippen LogP contribution < -0.4 is 0 Å². The van der Waals surface area contributed by atoms with Crippen molar-refractivity contribution >= 4 is 17.3 Å². The van der Waals surface area contributed by atoms with E-state index >= 15 is 0 Å². The second kappa shape index (κ2) is 5.42. The molecular weight excluding hydrogens is 230 g/mol. The molecule has 0 spiro atoms. The fraction of sp³-hybridized carbons (Fsp3) is 1.00. The highest BCUT2D eigenvalue weighted by Crippen LogP contribution is 2.42. The van der Waals surface area contributed by atoms with Gasteiger partial charge in [0.2, 0.25) is 0 Å². The number of hydrogen-bond donors (Lipinski definition) is 3. The molecule has 0 aromatic carbocycles. The molecule has 1 rings (SSSR count). The quantitative estimate of drug-likeness (QED) is 0.492. The zero-order valence-corrected chi connectivity index (χ0v) is 9.31. The van der Waals surface area contributed by atoms with Crippen molar-refractivity contribution in [1.82, 2.24) is 0 Å². The third-order valence-electron chi connectivity index (χ3n) is 2.27. The third-order valence-corrected chi connectivity index (χ3v) is 3.07. The smallest absolute Gasteiger partial charge is 0.352 e. The van der Waals surface area contributed by atoms with Gasteiger partial charge in [0.1, 0.15) is 0 Å². The van der Waals surface area contributed by atoms with E-state index in [1.54, 1.807) is 0 Å². The molecule has 0 bridgehead atoms. The van der Waals surface area contributed by atoms with Gasteiger partial charge in [-0.3, -0.25) is 4.52 Å². The first kappa shape index (κ1) is 12.4. The van der Waals surface area contributed by atoms with Crippen LogP contribution in [0.3, 0.4) is 0 Å². The summed E-state index contributed by atoms with van der Waals surface area (Å²) in [5.41, 5.74) is 0. The van der Waals surface area contributed by atoms with Crippen LogP contribution in [0.5, 0.6) is 0 Å². The van der Waals surface area contributed by atoms with Gasteiger partial charge in [-0.25, -0.2) is 0 Å². The van der Waals surface area contributed by atoms with Gasteiger partial charge in [0, 0.05) is 10.5 Å². The van der Waals surface area contributed by atoms with E-state index in [9.17, 15) is 9.67 Å². The zero-order chi connectivity index (χ0) is 10.6. The molecule has 0 aromatic heterocycles. The van der Waals surface area contributed by atoms with E-state index in [0.29, 0.717) is 12.8 Å². The van der Waals surface area contributed by atoms with Gasteiger partial charge >= 0.3 is 14.2 Å². The lowest BCUT2D eigenvalue weighted by Crippen LogP contribution is -2.38. The Morgan fingerprint density at radius 2 is 2.00 bits per heavy atom. The molecule has 3 atom stereocenters. The van der Waals surface area contributed by atoms with Crippen molar-refractivity contribution in [2.45, 2.75) is 31.7 Å². The van der Waals surface area contributed by atoms with Crippen LogP contribution in [-0.4, -0.2) is 20.9 Å². The largest absolute Gasteiger partial charge is 0.700 e. The minimum absolute atomic E-state index is 0.353. The summed E-state index contributed by atoms with van der Waals surface area (Å²) >= 11 is 0. The second-order valence-corrected chi connectivity index (χ2v) is 4.18. The van der Waals surface area contributed by atoms with E-state index in [1.807, 2.05) is 0 Å². The Morgan fingerprint density at radius 1 is 1.43 bits per heavy atom. The normalized spacial score (nSPS) is 24.4. The summed E-state index contributed by atoms with van der Waals surface area (Å²) in [6.45, 7) is 0. The number of aliphatic hydroxyl groups is 1. The number of hydrogen-bond acceptors (Lipinski definition) is 5. The highest BCUT2D eigenvalue weighted by molar-refractivity contribution is 7.32. The van der Waals surface area contributed by atoms with Crippen molar-refractivity contribution in [1.29, 1.82) is 0 Å². The molecule has 0 aliphatic heterocycles. The highest BCUT2D eigenvalue weighted by Gasteiger charge is 2.48. The SMILES string of the molecule is O=[P+](O)OC(O)(OPO)C1CCCC1. The van der Waals surface area contributed by atoms with Crippen molar-refractivity contribution in [2.24, 2.45) is 5.92 Å². The third kappa shape index (κ3) is 3.17. The molecule has 6 nitrogen and oxygen atoms in total. The van der Waals surface area contributed by atoms with Gasteiger partial charge in [-0.2, -0.15) is 0 Å². The average molecular weight is 243 g/mol. The minimum atomic E-state index is -2.95. The summed E-state index contributed by atoms with van der Waals surface area (Å²) < 4.78 is 19.5. The lowest BCUT2D eigenvalue weighted by atomic mass is 10.1. The lowest BCUT2D eigenvalue weighted by Gasteiger charge is -2.25. The molecular formula is C6H13O6P2+. The van der Waals surface area contributed by atoms with Gasteiger partial charge in [-0.05, 0) is 12.8 Å². The zero-order valence-electron chi connectivity index (χ0n) is 7.42. The van der Waals surface area contributed by atoms with Crippen molar-refractivity contribution in [3.05, 3.63) is 0 Å². The number of rotatable bonds is 5. The van der Waals surface area contributed by atoms with Gasteiger partial charge in [0.15, 0.2) is 9.03 Å². The van der Waals surface area contributed by atoms with Crippen molar-refractivity contribution in [3.63, 3.8) is 0 Å². The van der Waals surface area contributed by atoms with Crippen LogP contribution in [0.2, 0.25) is 0 Å². The Morgan fingerprint density at radius 3 is 2.43 bits per heavy atom. The van der Waals surface area contributed by atoms with Crippen molar-refractivity contribution in [3.8, 4) is 0 Å². The fourth-order valence-electron chi connectivity index (χ4n) is 1.64. The molecule has 1 saturated carbocycles.